The van der Waals surface area contributed by atoms with Crippen LogP contribution in [0.5, 0.6) is 0 Å². The first kappa shape index (κ1) is 45.8. The Kier molecular flexibility index (Phi) is 19.5. The average molecular weight is 845 g/mol. The Morgan fingerprint density at radius 3 is 1.80 bits per heavy atom. The van der Waals surface area contributed by atoms with Gasteiger partial charge in [0, 0.05) is 0 Å². The molecule has 17 heteroatoms. The number of carbonyl (C=O) groups is 6. The fourth-order valence-electron chi connectivity index (χ4n) is 6.29. The second kappa shape index (κ2) is 23.5. The first-order chi connectivity index (χ1) is 26.2. The van der Waals surface area contributed by atoms with Crippen LogP contribution in [0.2, 0.25) is 5.32 Å². The van der Waals surface area contributed by atoms with Gasteiger partial charge in [-0.1, -0.05) is 6.92 Å². The maximum atomic E-state index is 12.8. The van der Waals surface area contributed by atoms with E-state index < -0.39 is 104 Å². The van der Waals surface area contributed by atoms with Crippen LogP contribution in [0.3, 0.4) is 0 Å². The second-order valence-corrected chi connectivity index (χ2v) is 15.6. The van der Waals surface area contributed by atoms with Crippen molar-refractivity contribution >= 4 is 55.2 Å². The Balaban J connectivity index is 2.09. The quantitative estimate of drug-likeness (QED) is 0.0869. The Morgan fingerprint density at radius 1 is 0.636 bits per heavy atom. The Morgan fingerprint density at radius 2 is 1.20 bits per heavy atom. The van der Waals surface area contributed by atoms with Gasteiger partial charge in [-0.25, -0.2) is 0 Å². The summed E-state index contributed by atoms with van der Waals surface area (Å²) in [7, 11) is 0. The molecule has 16 nitrogen and oxygen atoms in total. The van der Waals surface area contributed by atoms with Gasteiger partial charge in [0.1, 0.15) is 0 Å². The van der Waals surface area contributed by atoms with E-state index in [1.54, 1.807) is 0 Å². The topological polar surface area (TPSA) is 198 Å². The average Bonchev–Trinajstić information content (AvgIpc) is 3.10. The summed E-state index contributed by atoms with van der Waals surface area (Å²) >= 11 is -0.222. The normalized spacial score (nSPS) is 27.6. The van der Waals surface area contributed by atoms with Gasteiger partial charge in [-0.3, -0.25) is 0 Å². The van der Waals surface area contributed by atoms with E-state index >= 15 is 0 Å². The molecule has 1 amide bonds. The molecule has 2 fully saturated rings. The van der Waals surface area contributed by atoms with Crippen LogP contribution < -0.4 is 9.78 Å². The fourth-order valence-corrected chi connectivity index (χ4v) is 8.34. The Labute approximate surface area is 328 Å². The number of nitrogens with one attached hydrogen (secondary N) is 1. The van der Waals surface area contributed by atoms with Gasteiger partial charge in [0.2, 0.25) is 0 Å². The van der Waals surface area contributed by atoms with Gasteiger partial charge in [-0.15, -0.1) is 0 Å². The molecule has 1 aromatic carbocycles. The SMILES string of the molecule is CCCCCCCCO[C@@H]1O[C@H](C[Se]c2ccccc2)[C@@H](O[C@@H]2O[C@H](COC(C)=O)[C@H](OC(C)=O)[C@H](OC(C)=O)[C@H]2OC(C)=O)[C@H](OC(C)=O)[C@H]1NC(C)=O. The molecular formula is C38H55NO15Se. The van der Waals surface area contributed by atoms with E-state index in [0.29, 0.717) is 11.9 Å². The summed E-state index contributed by atoms with van der Waals surface area (Å²) in [6.45, 7) is 8.99. The molecule has 0 aliphatic carbocycles. The molecule has 0 bridgehead atoms. The Bertz CT molecular complexity index is 1410. The molecule has 2 saturated heterocycles. The monoisotopic (exact) mass is 845 g/mol. The molecule has 0 spiro atoms. The number of amides is 1. The minimum atomic E-state index is -1.61. The molecule has 10 atom stereocenters. The Hall–Kier alpha value is -3.60. The van der Waals surface area contributed by atoms with E-state index in [1.165, 1.54) is 13.8 Å². The summed E-state index contributed by atoms with van der Waals surface area (Å²) in [4.78, 5) is 74.6. The number of hydrogen-bond donors (Lipinski definition) is 1. The fraction of sp³-hybridized carbons (Fsp3) is 0.684. The summed E-state index contributed by atoms with van der Waals surface area (Å²) in [5, 5.41) is 3.17. The van der Waals surface area contributed by atoms with Crippen LogP contribution in [-0.2, 0) is 71.4 Å². The number of hydrogen-bond acceptors (Lipinski definition) is 15. The van der Waals surface area contributed by atoms with Crippen molar-refractivity contribution in [1.82, 2.24) is 5.32 Å². The van der Waals surface area contributed by atoms with Gasteiger partial charge < -0.3 is 0 Å². The van der Waals surface area contributed by atoms with Crippen molar-refractivity contribution in [3.8, 4) is 0 Å². The number of benzene rings is 1. The molecule has 0 radical (unpaired) electrons. The number of unbranched alkanes of at least 4 members (excludes halogenated alkanes) is 5. The van der Waals surface area contributed by atoms with Crippen molar-refractivity contribution in [1.29, 1.82) is 0 Å². The van der Waals surface area contributed by atoms with Crippen molar-refractivity contribution in [3.63, 3.8) is 0 Å². The van der Waals surface area contributed by atoms with Crippen molar-refractivity contribution < 1.29 is 71.4 Å². The second-order valence-electron chi connectivity index (χ2n) is 13.3. The van der Waals surface area contributed by atoms with Crippen LogP contribution in [-0.4, -0.2) is 125 Å². The third-order valence-electron chi connectivity index (χ3n) is 8.50. The van der Waals surface area contributed by atoms with Gasteiger partial charge in [-0.05, 0) is 0 Å². The standard InChI is InChI=1S/C38H55NO15Se/c1-8-9-10-11-12-16-19-46-37-31(39-22(2)40)34(49-25(5)43)33(30(53-37)21-55-28-17-14-13-15-18-28)54-38-36(51-27(7)45)35(50-26(6)44)32(48-24(4)42)29(52-38)20-47-23(3)41/h13-15,17-18,29-38H,8-12,16,19-21H2,1-7H3,(H,39,40)/t29-,30-,31-,32+,33-,34-,35+,36-,37-,38+/m1/s1. The van der Waals surface area contributed by atoms with Crippen molar-refractivity contribution in [2.75, 3.05) is 13.2 Å². The number of esters is 5. The third-order valence-corrected chi connectivity index (χ3v) is 10.8. The summed E-state index contributed by atoms with van der Waals surface area (Å²) in [6, 6.07) is 8.57. The molecule has 0 aromatic heterocycles. The van der Waals surface area contributed by atoms with Gasteiger partial charge in [0.25, 0.3) is 0 Å². The van der Waals surface area contributed by atoms with Gasteiger partial charge >= 0.3 is 322 Å². The van der Waals surface area contributed by atoms with E-state index in [0.717, 1.165) is 70.7 Å². The molecule has 0 saturated carbocycles. The molecule has 0 unspecified atom stereocenters. The minimum absolute atomic E-state index is 0.222. The maximum absolute atomic E-state index is 12.8. The molecule has 2 aliphatic heterocycles. The summed E-state index contributed by atoms with van der Waals surface area (Å²) in [6.07, 6.45) is -5.69. The molecule has 3 rings (SSSR count). The van der Waals surface area contributed by atoms with Crippen LogP contribution in [0.1, 0.15) is 87.0 Å². The first-order valence-corrected chi connectivity index (χ1v) is 20.6. The third kappa shape index (κ3) is 15.5. The zero-order valence-corrected chi connectivity index (χ0v) is 34.3. The van der Waals surface area contributed by atoms with Crippen LogP contribution in [0.25, 0.3) is 0 Å². The van der Waals surface area contributed by atoms with Crippen LogP contribution >= 0.6 is 0 Å². The van der Waals surface area contributed by atoms with Crippen LogP contribution in [0, 0.1) is 0 Å². The van der Waals surface area contributed by atoms with Crippen molar-refractivity contribution in [2.45, 2.75) is 154 Å². The van der Waals surface area contributed by atoms with Gasteiger partial charge in [-0.2, -0.15) is 0 Å². The molecule has 55 heavy (non-hydrogen) atoms. The van der Waals surface area contributed by atoms with Crippen LogP contribution in [0.15, 0.2) is 30.3 Å². The van der Waals surface area contributed by atoms with E-state index in [-0.39, 0.29) is 15.0 Å². The number of carbonyl (C=O) groups excluding carboxylic acids is 6. The molecule has 1 N–H and O–H groups in total. The van der Waals surface area contributed by atoms with E-state index in [2.05, 4.69) is 12.2 Å². The predicted octanol–water partition coefficient (Wildman–Crippen LogP) is 2.44. The number of rotatable bonds is 20. The van der Waals surface area contributed by atoms with E-state index in [4.69, 9.17) is 42.6 Å². The van der Waals surface area contributed by atoms with E-state index in [1.807, 2.05) is 30.3 Å². The predicted molar refractivity (Wildman–Crippen MR) is 195 cm³/mol. The van der Waals surface area contributed by atoms with Crippen molar-refractivity contribution in [3.05, 3.63) is 30.3 Å². The number of ether oxygens (including phenoxy) is 9. The summed E-state index contributed by atoms with van der Waals surface area (Å²) in [5.74, 6) is -4.26. The van der Waals surface area contributed by atoms with E-state index in [9.17, 15) is 28.8 Å². The summed E-state index contributed by atoms with van der Waals surface area (Å²) < 4.78 is 54.6. The van der Waals surface area contributed by atoms with Gasteiger partial charge in [0.15, 0.2) is 0 Å². The zero-order valence-electron chi connectivity index (χ0n) is 32.6. The molecular weight excluding hydrogens is 789 g/mol. The molecule has 308 valence electrons. The molecule has 1 aromatic rings. The van der Waals surface area contributed by atoms with Gasteiger partial charge in [0.05, 0.1) is 0 Å². The first-order valence-electron chi connectivity index (χ1n) is 18.5. The van der Waals surface area contributed by atoms with Crippen LogP contribution in [0.4, 0.5) is 0 Å². The van der Waals surface area contributed by atoms with Crippen molar-refractivity contribution in [2.24, 2.45) is 0 Å². The zero-order chi connectivity index (χ0) is 40.5. The molecule has 2 aliphatic rings. The molecule has 2 heterocycles. The summed E-state index contributed by atoms with van der Waals surface area (Å²) in [5.41, 5.74) is 0.